The molecule has 11 rings (SSSR count). The van der Waals surface area contributed by atoms with Crippen LogP contribution in [-0.2, 0) is 0 Å². The summed E-state index contributed by atoms with van der Waals surface area (Å²) in [4.78, 5) is 10.7. The minimum Gasteiger partial charge on any atom is -0.315 e. The van der Waals surface area contributed by atoms with Gasteiger partial charge in [0.25, 0.3) is 0 Å². The predicted molar refractivity (Wildman–Crippen MR) is 195 cm³/mol. The van der Waals surface area contributed by atoms with Gasteiger partial charge in [0.05, 0.1) is 32.8 Å². The van der Waals surface area contributed by atoms with E-state index in [9.17, 15) is 0 Å². The van der Waals surface area contributed by atoms with E-state index in [0.29, 0.717) is 0 Å². The molecule has 224 valence electrons. The summed E-state index contributed by atoms with van der Waals surface area (Å²) in [7, 11) is 0. The molecule has 48 heavy (non-hydrogen) atoms. The van der Waals surface area contributed by atoms with Gasteiger partial charge in [-0.1, -0.05) is 97.1 Å². The van der Waals surface area contributed by atoms with E-state index >= 15 is 0 Å². The van der Waals surface area contributed by atoms with Gasteiger partial charge in [0.1, 0.15) is 6.04 Å². The van der Waals surface area contributed by atoms with Gasteiger partial charge in [0, 0.05) is 32.8 Å². The van der Waals surface area contributed by atoms with Gasteiger partial charge < -0.3 is 9.13 Å². The van der Waals surface area contributed by atoms with Crippen LogP contribution in [0.4, 0.5) is 0 Å². The van der Waals surface area contributed by atoms with E-state index in [1.165, 1.54) is 77.1 Å². The average Bonchev–Trinajstić information content (AvgIpc) is 3.78. The van der Waals surface area contributed by atoms with Crippen molar-refractivity contribution < 1.29 is 0 Å². The van der Waals surface area contributed by atoms with Crippen molar-refractivity contribution in [2.24, 2.45) is 9.98 Å². The molecule has 4 heteroatoms. The highest BCUT2D eigenvalue weighted by molar-refractivity contribution is 6.14. The molecule has 2 aliphatic rings. The third kappa shape index (κ3) is 3.54. The van der Waals surface area contributed by atoms with Crippen LogP contribution in [0, 0.1) is 0 Å². The number of nitrogens with zero attached hydrogens (tertiary/aromatic N) is 4. The van der Waals surface area contributed by atoms with Crippen molar-refractivity contribution in [3.8, 4) is 27.9 Å². The first-order valence-corrected chi connectivity index (χ1v) is 16.6. The lowest BCUT2D eigenvalue weighted by Gasteiger charge is -2.20. The first-order valence-electron chi connectivity index (χ1n) is 16.6. The fraction of sp³-hybridized carbons (Fsp3) is 0.0455. The Kier molecular flexibility index (Phi) is 5.19. The third-order valence-electron chi connectivity index (χ3n) is 10.4. The molecule has 0 amide bonds. The van der Waals surface area contributed by atoms with Crippen LogP contribution >= 0.6 is 0 Å². The summed E-state index contributed by atoms with van der Waals surface area (Å²) in [5.41, 5.74) is 12.1. The lowest BCUT2D eigenvalue weighted by Crippen LogP contribution is -2.32. The molecule has 0 fully saturated rings. The Morgan fingerprint density at radius 3 is 1.92 bits per heavy atom. The molecule has 7 aromatic carbocycles. The van der Waals surface area contributed by atoms with Gasteiger partial charge in [-0.15, -0.1) is 0 Å². The summed E-state index contributed by atoms with van der Waals surface area (Å²) in [6, 6.07) is 56.9. The van der Waals surface area contributed by atoms with E-state index in [4.69, 9.17) is 9.98 Å². The second-order valence-corrected chi connectivity index (χ2v) is 13.0. The normalized spacial score (nSPS) is 16.2. The van der Waals surface area contributed by atoms with Gasteiger partial charge in [0.15, 0.2) is 6.17 Å². The lowest BCUT2D eigenvalue weighted by atomic mass is 9.94. The van der Waals surface area contributed by atoms with Crippen LogP contribution in [0.15, 0.2) is 168 Å². The summed E-state index contributed by atoms with van der Waals surface area (Å²) in [6.07, 6.45) is -0.123. The topological polar surface area (TPSA) is 34.6 Å². The number of para-hydroxylation sites is 4. The molecule has 4 heterocycles. The van der Waals surface area contributed by atoms with E-state index in [0.717, 1.165) is 10.7 Å². The summed E-state index contributed by atoms with van der Waals surface area (Å²) in [5, 5.41) is 6.94. The first kappa shape index (κ1) is 25.9. The third-order valence-corrected chi connectivity index (χ3v) is 10.4. The fourth-order valence-corrected chi connectivity index (χ4v) is 8.24. The van der Waals surface area contributed by atoms with Gasteiger partial charge >= 0.3 is 0 Å². The second kappa shape index (κ2) is 9.63. The maximum atomic E-state index is 5.35. The molecule has 2 unspecified atom stereocenters. The van der Waals surface area contributed by atoms with Gasteiger partial charge in [-0.2, -0.15) is 0 Å². The number of aromatic nitrogens is 2. The van der Waals surface area contributed by atoms with Crippen LogP contribution in [0.5, 0.6) is 0 Å². The Bertz CT molecular complexity index is 2900. The van der Waals surface area contributed by atoms with Crippen LogP contribution in [0.2, 0.25) is 0 Å². The van der Waals surface area contributed by atoms with Crippen LogP contribution in [0.3, 0.4) is 0 Å². The standard InChI is InChI=1S/C44H28N4/c1-3-11-27(12-4-1)29-19-21-33-35-24-30(25-36-42-44(48(43(35)36)41(33)26-29)46-38-17-9-8-16-37(38)45-42)28-20-22-40-34(23-28)32-15-7-10-18-39(32)47(40)31-13-5-2-6-14-31/h1-26,42,44H. The number of hydrogen-bond acceptors (Lipinski definition) is 2. The molecular weight excluding hydrogens is 585 g/mol. The largest absolute Gasteiger partial charge is 0.315 e. The Morgan fingerprint density at radius 1 is 0.417 bits per heavy atom. The van der Waals surface area contributed by atoms with Crippen LogP contribution in [0.1, 0.15) is 17.8 Å². The molecule has 0 aliphatic carbocycles. The zero-order valence-corrected chi connectivity index (χ0v) is 26.0. The molecule has 2 aromatic heterocycles. The summed E-state index contributed by atoms with van der Waals surface area (Å²) in [5.74, 6) is 0. The van der Waals surface area contributed by atoms with Crippen molar-refractivity contribution in [3.63, 3.8) is 0 Å². The minimum atomic E-state index is -0.123. The van der Waals surface area contributed by atoms with Crippen LogP contribution in [-0.4, -0.2) is 9.13 Å². The van der Waals surface area contributed by atoms with Gasteiger partial charge in [-0.25, -0.2) is 0 Å². The highest BCUT2D eigenvalue weighted by Gasteiger charge is 2.38. The molecule has 2 aliphatic heterocycles. The summed E-state index contributed by atoms with van der Waals surface area (Å²) < 4.78 is 4.83. The molecule has 0 N–H and O–H groups in total. The number of fused-ring (bicyclic) bond motifs is 10. The van der Waals surface area contributed by atoms with Crippen molar-refractivity contribution in [1.29, 1.82) is 0 Å². The zero-order chi connectivity index (χ0) is 31.3. The predicted octanol–water partition coefficient (Wildman–Crippen LogP) is 9.73. The van der Waals surface area contributed by atoms with Crippen molar-refractivity contribution >= 4 is 43.6 Å². The Labute approximate surface area is 276 Å². The van der Waals surface area contributed by atoms with Crippen molar-refractivity contribution in [2.45, 2.75) is 12.2 Å². The zero-order valence-electron chi connectivity index (χ0n) is 26.0. The Balaban J connectivity index is 1.18. The highest BCUT2D eigenvalue weighted by atomic mass is 15.2. The van der Waals surface area contributed by atoms with E-state index < -0.39 is 0 Å². The number of benzene rings is 7. The average molecular weight is 613 g/mol. The molecule has 0 radical (unpaired) electrons. The maximum Gasteiger partial charge on any atom is 0.153 e. The Hall–Kier alpha value is -6.26. The molecule has 0 saturated heterocycles. The summed E-state index contributed by atoms with van der Waals surface area (Å²) in [6.45, 7) is 0. The molecule has 0 spiro atoms. The molecule has 0 saturated carbocycles. The monoisotopic (exact) mass is 612 g/mol. The fourth-order valence-electron chi connectivity index (χ4n) is 8.24. The van der Waals surface area contributed by atoms with Crippen LogP contribution < -0.4 is 10.7 Å². The van der Waals surface area contributed by atoms with E-state index in [1.807, 2.05) is 0 Å². The molecule has 9 aromatic rings. The molecular formula is C44H28N4. The highest BCUT2D eigenvalue weighted by Crippen LogP contribution is 2.50. The van der Waals surface area contributed by atoms with Crippen molar-refractivity contribution in [2.75, 3.05) is 0 Å². The quantitative estimate of drug-likeness (QED) is 0.190. The van der Waals surface area contributed by atoms with E-state index in [1.54, 1.807) is 0 Å². The summed E-state index contributed by atoms with van der Waals surface area (Å²) >= 11 is 0. The Morgan fingerprint density at radius 2 is 1.06 bits per heavy atom. The molecule has 4 nitrogen and oxygen atoms in total. The number of hydrogen-bond donors (Lipinski definition) is 0. The maximum absolute atomic E-state index is 5.35. The smallest absolute Gasteiger partial charge is 0.153 e. The second-order valence-electron chi connectivity index (χ2n) is 13.0. The number of rotatable bonds is 3. The van der Waals surface area contributed by atoms with Crippen molar-refractivity contribution in [1.82, 2.24) is 9.13 Å². The SMILES string of the molecule is c1ccc(-c2ccc3c4cc(-c5ccc6c(c5)c5ccccc5n6-c5ccccc5)cc5c4n(c3c2)C2N=c3ccccc3=NC52)cc1. The van der Waals surface area contributed by atoms with Gasteiger partial charge in [0.2, 0.25) is 0 Å². The van der Waals surface area contributed by atoms with Gasteiger partial charge in [-0.05, 0) is 82.9 Å². The van der Waals surface area contributed by atoms with E-state index in [-0.39, 0.29) is 12.2 Å². The minimum absolute atomic E-state index is 0.0779. The first-order chi connectivity index (χ1) is 23.8. The molecule has 0 bridgehead atoms. The van der Waals surface area contributed by atoms with Crippen LogP contribution in [0.25, 0.3) is 71.6 Å². The molecule has 2 atom stereocenters. The van der Waals surface area contributed by atoms with Gasteiger partial charge in [-0.3, -0.25) is 9.98 Å². The van der Waals surface area contributed by atoms with E-state index in [2.05, 4.69) is 167 Å². The van der Waals surface area contributed by atoms with Crippen molar-refractivity contribution in [3.05, 3.63) is 174 Å². The lowest BCUT2D eigenvalue weighted by molar-refractivity contribution is 0.457.